The van der Waals surface area contributed by atoms with Gasteiger partial charge in [-0.3, -0.25) is 0 Å². The first kappa shape index (κ1) is 11.7. The molecule has 5 nitrogen and oxygen atoms in total. The lowest BCUT2D eigenvalue weighted by molar-refractivity contribution is -0.152. The van der Waals surface area contributed by atoms with Crippen molar-refractivity contribution in [1.82, 2.24) is 0 Å². The summed E-state index contributed by atoms with van der Waals surface area (Å²) in [5, 5.41) is 0. The van der Waals surface area contributed by atoms with E-state index >= 15 is 0 Å². The second kappa shape index (κ2) is 5.05. The molecule has 1 aliphatic heterocycles. The van der Waals surface area contributed by atoms with E-state index in [1.165, 1.54) is 14.2 Å². The average Bonchev–Trinajstić information content (AvgIpc) is 2.39. The van der Waals surface area contributed by atoms with Gasteiger partial charge in [-0.15, -0.1) is 0 Å². The molecule has 0 fully saturated rings. The van der Waals surface area contributed by atoms with Crippen molar-refractivity contribution in [2.24, 2.45) is 0 Å². The van der Waals surface area contributed by atoms with Gasteiger partial charge in [0, 0.05) is 7.11 Å². The van der Waals surface area contributed by atoms with Gasteiger partial charge in [-0.25, -0.2) is 4.79 Å². The van der Waals surface area contributed by atoms with E-state index in [1.54, 1.807) is 18.2 Å². The smallest absolute Gasteiger partial charge is 0.339 e. The lowest BCUT2D eigenvalue weighted by atomic mass is 10.1. The third-order valence-corrected chi connectivity index (χ3v) is 2.52. The number of hydrogen-bond donors (Lipinski definition) is 0. The molecule has 1 aromatic rings. The average molecular weight is 238 g/mol. The van der Waals surface area contributed by atoms with Crippen molar-refractivity contribution in [1.29, 1.82) is 0 Å². The summed E-state index contributed by atoms with van der Waals surface area (Å²) in [5.74, 6) is 0.864. The molecule has 0 saturated heterocycles. The lowest BCUT2D eigenvalue weighted by Gasteiger charge is -2.20. The third kappa shape index (κ3) is 2.34. The quantitative estimate of drug-likeness (QED) is 0.743. The molecule has 1 atom stereocenters. The van der Waals surface area contributed by atoms with E-state index in [0.717, 1.165) is 0 Å². The van der Waals surface area contributed by atoms with E-state index in [9.17, 15) is 4.79 Å². The molecule has 0 spiro atoms. The van der Waals surface area contributed by atoms with Crippen LogP contribution in [0.25, 0.3) is 0 Å². The van der Waals surface area contributed by atoms with E-state index in [4.69, 9.17) is 14.2 Å². The predicted molar refractivity (Wildman–Crippen MR) is 59.2 cm³/mol. The first-order valence-corrected chi connectivity index (χ1v) is 5.26. The van der Waals surface area contributed by atoms with E-state index < -0.39 is 12.1 Å². The maximum Gasteiger partial charge on any atom is 0.339 e. The Bertz CT molecular complexity index is 415. The van der Waals surface area contributed by atoms with Gasteiger partial charge in [0.15, 0.2) is 17.6 Å². The summed E-state index contributed by atoms with van der Waals surface area (Å²) in [6, 6.07) is 5.26. The Balaban J connectivity index is 2.29. The summed E-state index contributed by atoms with van der Waals surface area (Å²) in [7, 11) is 2.78. The van der Waals surface area contributed by atoms with Gasteiger partial charge in [0.05, 0.1) is 7.11 Å². The number of fused-ring (bicyclic) bond motifs is 1. The van der Waals surface area contributed by atoms with Crippen LogP contribution in [0.4, 0.5) is 0 Å². The Kier molecular flexibility index (Phi) is 3.49. The number of methoxy groups -OCH3 is 2. The van der Waals surface area contributed by atoms with Crippen molar-refractivity contribution in [2.45, 2.75) is 6.10 Å². The largest absolute Gasteiger partial charge is 0.486 e. The van der Waals surface area contributed by atoms with Crippen molar-refractivity contribution in [3.8, 4) is 11.5 Å². The van der Waals surface area contributed by atoms with Crippen LogP contribution in [0.3, 0.4) is 0 Å². The molecule has 0 bridgehead atoms. The van der Waals surface area contributed by atoms with Crippen molar-refractivity contribution in [3.05, 3.63) is 23.8 Å². The number of benzene rings is 1. The Morgan fingerprint density at radius 3 is 2.59 bits per heavy atom. The summed E-state index contributed by atoms with van der Waals surface area (Å²) in [5.41, 5.74) is 0.684. The van der Waals surface area contributed by atoms with Gasteiger partial charge in [0.1, 0.15) is 13.2 Å². The molecular formula is C12H14O5. The van der Waals surface area contributed by atoms with Gasteiger partial charge < -0.3 is 18.9 Å². The number of carbonyl (C=O) groups excluding carboxylic acids is 1. The maximum absolute atomic E-state index is 11.5. The minimum atomic E-state index is -0.740. The predicted octanol–water partition coefficient (Wildman–Crippen LogP) is 1.32. The molecular weight excluding hydrogens is 224 g/mol. The van der Waals surface area contributed by atoms with Crippen LogP contribution in [-0.4, -0.2) is 33.4 Å². The van der Waals surface area contributed by atoms with Gasteiger partial charge in [0.25, 0.3) is 0 Å². The second-order valence-electron chi connectivity index (χ2n) is 3.54. The van der Waals surface area contributed by atoms with Crippen LogP contribution < -0.4 is 9.47 Å². The molecule has 2 rings (SSSR count). The zero-order chi connectivity index (χ0) is 12.3. The van der Waals surface area contributed by atoms with Crippen LogP contribution in [0, 0.1) is 0 Å². The van der Waals surface area contributed by atoms with Gasteiger partial charge in [0.2, 0.25) is 0 Å². The highest BCUT2D eigenvalue weighted by atomic mass is 16.6. The van der Waals surface area contributed by atoms with Crippen molar-refractivity contribution in [2.75, 3.05) is 27.4 Å². The Morgan fingerprint density at radius 1 is 1.24 bits per heavy atom. The number of esters is 1. The van der Waals surface area contributed by atoms with Crippen LogP contribution in [0.5, 0.6) is 11.5 Å². The maximum atomic E-state index is 11.5. The number of ether oxygens (including phenoxy) is 4. The molecule has 1 aromatic carbocycles. The van der Waals surface area contributed by atoms with E-state index in [-0.39, 0.29) is 0 Å². The minimum Gasteiger partial charge on any atom is -0.486 e. The third-order valence-electron chi connectivity index (χ3n) is 2.52. The topological polar surface area (TPSA) is 54.0 Å². The van der Waals surface area contributed by atoms with E-state index in [0.29, 0.717) is 30.3 Å². The normalized spacial score (nSPS) is 15.2. The highest BCUT2D eigenvalue weighted by Crippen LogP contribution is 2.33. The molecule has 0 amide bonds. The van der Waals surface area contributed by atoms with Crippen molar-refractivity contribution < 1.29 is 23.7 Å². The van der Waals surface area contributed by atoms with Crippen LogP contribution in [-0.2, 0) is 14.3 Å². The van der Waals surface area contributed by atoms with Crippen LogP contribution in [0.15, 0.2) is 18.2 Å². The number of carbonyl (C=O) groups is 1. The Labute approximate surface area is 99.2 Å². The summed E-state index contributed by atoms with van der Waals surface area (Å²) in [4.78, 5) is 11.5. The Hall–Kier alpha value is -1.75. The molecule has 5 heteroatoms. The van der Waals surface area contributed by atoms with Crippen LogP contribution in [0.1, 0.15) is 11.7 Å². The highest BCUT2D eigenvalue weighted by Gasteiger charge is 2.23. The van der Waals surface area contributed by atoms with Crippen LogP contribution >= 0.6 is 0 Å². The molecule has 0 aromatic heterocycles. The fourth-order valence-corrected chi connectivity index (χ4v) is 1.70. The van der Waals surface area contributed by atoms with Crippen LogP contribution in [0.2, 0.25) is 0 Å². The SMILES string of the molecule is COC(=O)C(OC)c1ccc2c(c1)OCCO2. The zero-order valence-corrected chi connectivity index (χ0v) is 9.76. The molecule has 1 aliphatic rings. The van der Waals surface area contributed by atoms with Crippen molar-refractivity contribution in [3.63, 3.8) is 0 Å². The summed E-state index contributed by atoms with van der Waals surface area (Å²) < 4.78 is 20.6. The molecule has 0 saturated carbocycles. The van der Waals surface area contributed by atoms with Gasteiger partial charge in [-0.1, -0.05) is 6.07 Å². The fraction of sp³-hybridized carbons (Fsp3) is 0.417. The molecule has 0 aliphatic carbocycles. The van der Waals surface area contributed by atoms with E-state index in [2.05, 4.69) is 4.74 Å². The minimum absolute atomic E-state index is 0.441. The standard InChI is InChI=1S/C12H14O5/c1-14-11(12(13)15-2)8-3-4-9-10(7-8)17-6-5-16-9/h3-4,7,11H,5-6H2,1-2H3. The van der Waals surface area contributed by atoms with E-state index in [1.807, 2.05) is 0 Å². The van der Waals surface area contributed by atoms with Gasteiger partial charge in [-0.05, 0) is 17.7 Å². The molecule has 17 heavy (non-hydrogen) atoms. The molecule has 1 unspecified atom stereocenters. The molecule has 0 radical (unpaired) electrons. The molecule has 0 N–H and O–H groups in total. The summed E-state index contributed by atoms with van der Waals surface area (Å²) in [6.45, 7) is 1.05. The number of hydrogen-bond acceptors (Lipinski definition) is 5. The first-order valence-electron chi connectivity index (χ1n) is 5.26. The monoisotopic (exact) mass is 238 g/mol. The molecule has 1 heterocycles. The summed E-state index contributed by atoms with van der Waals surface area (Å²) >= 11 is 0. The fourth-order valence-electron chi connectivity index (χ4n) is 1.70. The second-order valence-corrected chi connectivity index (χ2v) is 3.54. The van der Waals surface area contributed by atoms with Gasteiger partial charge in [-0.2, -0.15) is 0 Å². The summed E-state index contributed by atoms with van der Waals surface area (Å²) in [6.07, 6.45) is -0.740. The first-order chi connectivity index (χ1) is 8.26. The van der Waals surface area contributed by atoms with Crippen molar-refractivity contribution >= 4 is 5.97 Å². The zero-order valence-electron chi connectivity index (χ0n) is 9.76. The number of rotatable bonds is 3. The highest BCUT2D eigenvalue weighted by molar-refractivity contribution is 5.76. The lowest BCUT2D eigenvalue weighted by Crippen LogP contribution is -2.18. The molecule has 92 valence electrons. The Morgan fingerprint density at radius 2 is 1.94 bits per heavy atom. The van der Waals surface area contributed by atoms with Gasteiger partial charge >= 0.3 is 5.97 Å².